The molecule has 0 saturated heterocycles. The van der Waals surface area contributed by atoms with Crippen molar-refractivity contribution in [2.45, 2.75) is 26.0 Å². The van der Waals surface area contributed by atoms with Gasteiger partial charge in [-0.2, -0.15) is 0 Å². The van der Waals surface area contributed by atoms with Crippen LogP contribution in [0.25, 0.3) is 0 Å². The first-order valence-electron chi connectivity index (χ1n) is 8.73. The van der Waals surface area contributed by atoms with E-state index in [2.05, 4.69) is 10.6 Å². The summed E-state index contributed by atoms with van der Waals surface area (Å²) in [7, 11) is -3.67. The van der Waals surface area contributed by atoms with Crippen molar-refractivity contribution < 1.29 is 18.0 Å². The summed E-state index contributed by atoms with van der Waals surface area (Å²) in [6.45, 7) is 4.43. The summed E-state index contributed by atoms with van der Waals surface area (Å²) in [6, 6.07) is 13.5. The molecular formula is C20H24N2O4S. The number of hydrogen-bond acceptors (Lipinski definition) is 4. The van der Waals surface area contributed by atoms with Gasteiger partial charge in [0.1, 0.15) is 5.75 Å². The molecule has 2 rings (SSSR count). The van der Waals surface area contributed by atoms with Crippen LogP contribution < -0.4 is 10.6 Å². The molecule has 0 saturated carbocycles. The molecule has 2 amide bonds. The minimum absolute atomic E-state index is 0.242. The molecule has 0 spiro atoms. The van der Waals surface area contributed by atoms with Gasteiger partial charge in [0.15, 0.2) is 9.84 Å². The van der Waals surface area contributed by atoms with E-state index in [1.54, 1.807) is 36.4 Å². The molecule has 0 aliphatic carbocycles. The van der Waals surface area contributed by atoms with E-state index in [1.807, 2.05) is 26.0 Å². The monoisotopic (exact) mass is 388 g/mol. The Morgan fingerprint density at radius 3 is 2.41 bits per heavy atom. The fourth-order valence-electron chi connectivity index (χ4n) is 2.48. The Bertz CT molecular complexity index is 906. The number of carbonyl (C=O) groups is 2. The SMILES string of the molecule is CCCNC(=O)c1cccc(CS(=O)(=O)CC(=O)Nc2ccc(C)cc2)c1. The van der Waals surface area contributed by atoms with Crippen molar-refractivity contribution in [1.29, 1.82) is 0 Å². The fourth-order valence-corrected chi connectivity index (χ4v) is 3.74. The van der Waals surface area contributed by atoms with E-state index < -0.39 is 21.5 Å². The van der Waals surface area contributed by atoms with Gasteiger partial charge in [0.25, 0.3) is 5.91 Å². The maximum Gasteiger partial charge on any atom is 0.251 e. The number of benzene rings is 2. The molecule has 0 aliphatic rings. The van der Waals surface area contributed by atoms with E-state index in [1.165, 1.54) is 0 Å². The summed E-state index contributed by atoms with van der Waals surface area (Å²) >= 11 is 0. The number of hydrogen-bond donors (Lipinski definition) is 2. The molecular weight excluding hydrogens is 364 g/mol. The molecule has 6 nitrogen and oxygen atoms in total. The lowest BCUT2D eigenvalue weighted by Crippen LogP contribution is -2.25. The van der Waals surface area contributed by atoms with Crippen molar-refractivity contribution in [3.8, 4) is 0 Å². The van der Waals surface area contributed by atoms with Crippen molar-refractivity contribution in [3.63, 3.8) is 0 Å². The Hall–Kier alpha value is -2.67. The molecule has 27 heavy (non-hydrogen) atoms. The fraction of sp³-hybridized carbons (Fsp3) is 0.300. The van der Waals surface area contributed by atoms with Gasteiger partial charge in [0, 0.05) is 17.8 Å². The van der Waals surface area contributed by atoms with Crippen molar-refractivity contribution in [3.05, 3.63) is 65.2 Å². The van der Waals surface area contributed by atoms with Crippen molar-refractivity contribution in [2.24, 2.45) is 0 Å². The third-order valence-electron chi connectivity index (χ3n) is 3.80. The minimum Gasteiger partial charge on any atom is -0.352 e. The van der Waals surface area contributed by atoms with Crippen LogP contribution in [0.1, 0.15) is 34.8 Å². The molecule has 2 aromatic carbocycles. The lowest BCUT2D eigenvalue weighted by molar-refractivity contribution is -0.113. The van der Waals surface area contributed by atoms with Crippen LogP contribution in [0.2, 0.25) is 0 Å². The van der Waals surface area contributed by atoms with Gasteiger partial charge in [0.2, 0.25) is 5.91 Å². The zero-order valence-electron chi connectivity index (χ0n) is 15.5. The first-order valence-corrected chi connectivity index (χ1v) is 10.6. The van der Waals surface area contributed by atoms with Crippen LogP contribution in [0.15, 0.2) is 48.5 Å². The number of anilines is 1. The van der Waals surface area contributed by atoms with Gasteiger partial charge >= 0.3 is 0 Å². The quantitative estimate of drug-likeness (QED) is 0.727. The largest absolute Gasteiger partial charge is 0.352 e. The predicted octanol–water partition coefficient (Wildman–Crippen LogP) is 2.69. The smallest absolute Gasteiger partial charge is 0.251 e. The molecule has 0 atom stereocenters. The number of amides is 2. The van der Waals surface area contributed by atoms with Gasteiger partial charge in [-0.25, -0.2) is 8.42 Å². The van der Waals surface area contributed by atoms with Crippen LogP contribution >= 0.6 is 0 Å². The number of aryl methyl sites for hydroxylation is 1. The third-order valence-corrected chi connectivity index (χ3v) is 5.27. The van der Waals surface area contributed by atoms with E-state index in [-0.39, 0.29) is 11.7 Å². The molecule has 0 heterocycles. The van der Waals surface area contributed by atoms with E-state index in [9.17, 15) is 18.0 Å². The van der Waals surface area contributed by atoms with Crippen molar-refractivity contribution in [1.82, 2.24) is 5.32 Å². The Labute approximate surface area is 159 Å². The second-order valence-corrected chi connectivity index (χ2v) is 8.47. The Morgan fingerprint density at radius 2 is 1.74 bits per heavy atom. The molecule has 144 valence electrons. The highest BCUT2D eigenvalue weighted by Crippen LogP contribution is 2.12. The lowest BCUT2D eigenvalue weighted by atomic mass is 10.1. The summed E-state index contributed by atoms with van der Waals surface area (Å²) in [5.74, 6) is -1.75. The lowest BCUT2D eigenvalue weighted by Gasteiger charge is -2.08. The number of nitrogens with one attached hydrogen (secondary N) is 2. The zero-order valence-corrected chi connectivity index (χ0v) is 16.3. The molecule has 0 fully saturated rings. The van der Waals surface area contributed by atoms with Gasteiger partial charge < -0.3 is 10.6 Å². The molecule has 0 unspecified atom stereocenters. The van der Waals surface area contributed by atoms with Crippen LogP contribution in [0, 0.1) is 6.92 Å². The van der Waals surface area contributed by atoms with Crippen LogP contribution in [-0.2, 0) is 20.4 Å². The highest BCUT2D eigenvalue weighted by Gasteiger charge is 2.18. The standard InChI is InChI=1S/C20H24N2O4S/c1-3-11-21-20(24)17-6-4-5-16(12-17)13-27(25,26)14-19(23)22-18-9-7-15(2)8-10-18/h4-10,12H,3,11,13-14H2,1-2H3,(H,21,24)(H,22,23). The first-order chi connectivity index (χ1) is 12.8. The molecule has 0 radical (unpaired) electrons. The van der Waals surface area contributed by atoms with Crippen LogP contribution in [0.4, 0.5) is 5.69 Å². The second kappa shape index (κ2) is 9.32. The maximum atomic E-state index is 12.3. The summed E-state index contributed by atoms with van der Waals surface area (Å²) in [6.07, 6.45) is 0.815. The van der Waals surface area contributed by atoms with Crippen LogP contribution in [0.5, 0.6) is 0 Å². The van der Waals surface area contributed by atoms with Crippen molar-refractivity contribution in [2.75, 3.05) is 17.6 Å². The van der Waals surface area contributed by atoms with Gasteiger partial charge in [-0.1, -0.05) is 36.8 Å². The average Bonchev–Trinajstić information content (AvgIpc) is 2.60. The molecule has 2 N–H and O–H groups in total. The highest BCUT2D eigenvalue weighted by atomic mass is 32.2. The summed E-state index contributed by atoms with van der Waals surface area (Å²) < 4.78 is 24.7. The number of sulfone groups is 1. The summed E-state index contributed by atoms with van der Waals surface area (Å²) in [5, 5.41) is 5.33. The van der Waals surface area contributed by atoms with E-state index in [4.69, 9.17) is 0 Å². The normalized spacial score (nSPS) is 11.0. The number of rotatable bonds is 8. The molecule has 0 bridgehead atoms. The van der Waals surface area contributed by atoms with Gasteiger partial charge in [-0.15, -0.1) is 0 Å². The topological polar surface area (TPSA) is 92.3 Å². The first kappa shape index (κ1) is 20.6. The Kier molecular flexibility index (Phi) is 7.12. The molecule has 0 aliphatic heterocycles. The van der Waals surface area contributed by atoms with E-state index in [0.717, 1.165) is 12.0 Å². The molecule has 0 aromatic heterocycles. The average molecular weight is 388 g/mol. The summed E-state index contributed by atoms with van der Waals surface area (Å²) in [4.78, 5) is 24.0. The second-order valence-electron chi connectivity index (χ2n) is 6.40. The Balaban J connectivity index is 2.00. The van der Waals surface area contributed by atoms with Crippen LogP contribution in [-0.4, -0.2) is 32.5 Å². The van der Waals surface area contributed by atoms with Gasteiger partial charge in [0.05, 0.1) is 5.75 Å². The zero-order chi connectivity index (χ0) is 19.9. The molecule has 7 heteroatoms. The Morgan fingerprint density at radius 1 is 1.04 bits per heavy atom. The predicted molar refractivity (Wildman–Crippen MR) is 106 cm³/mol. The maximum absolute atomic E-state index is 12.3. The van der Waals surface area contributed by atoms with Gasteiger partial charge in [-0.05, 0) is 43.2 Å². The van der Waals surface area contributed by atoms with Crippen molar-refractivity contribution >= 4 is 27.3 Å². The van der Waals surface area contributed by atoms with E-state index >= 15 is 0 Å². The van der Waals surface area contributed by atoms with Crippen LogP contribution in [0.3, 0.4) is 0 Å². The third kappa shape index (κ3) is 6.86. The molecule has 2 aromatic rings. The summed E-state index contributed by atoms with van der Waals surface area (Å²) in [5.41, 5.74) is 2.47. The minimum atomic E-state index is -3.67. The number of carbonyl (C=O) groups excluding carboxylic acids is 2. The highest BCUT2D eigenvalue weighted by molar-refractivity contribution is 7.91. The van der Waals surface area contributed by atoms with E-state index in [0.29, 0.717) is 23.4 Å². The van der Waals surface area contributed by atoms with Gasteiger partial charge in [-0.3, -0.25) is 9.59 Å².